The molecule has 2 unspecified atom stereocenters. The van der Waals surface area contributed by atoms with E-state index in [9.17, 15) is 0 Å². The third-order valence-corrected chi connectivity index (χ3v) is 3.13. The molecule has 0 aliphatic heterocycles. The van der Waals surface area contributed by atoms with Gasteiger partial charge in [-0.1, -0.05) is 34.2 Å². The van der Waals surface area contributed by atoms with E-state index in [0.717, 1.165) is 14.5 Å². The van der Waals surface area contributed by atoms with Crippen molar-refractivity contribution in [2.45, 2.75) is 6.42 Å². The van der Waals surface area contributed by atoms with Crippen molar-refractivity contribution in [3.63, 3.8) is 0 Å². The Kier molecular flexibility index (Phi) is 3.65. The quantitative estimate of drug-likeness (QED) is 0.626. The summed E-state index contributed by atoms with van der Waals surface area (Å²) in [5.41, 5.74) is 0. The second-order valence-corrected chi connectivity index (χ2v) is 4.53. The summed E-state index contributed by atoms with van der Waals surface area (Å²) in [6.07, 6.45) is 9.30. The van der Waals surface area contributed by atoms with E-state index in [-0.39, 0.29) is 0 Å². The van der Waals surface area contributed by atoms with E-state index in [1.807, 2.05) is 0 Å². The molecule has 0 aromatic rings. The van der Waals surface area contributed by atoms with Crippen LogP contribution in [0.25, 0.3) is 0 Å². The molecule has 0 aromatic heterocycles. The zero-order valence-electron chi connectivity index (χ0n) is 6.10. The van der Waals surface area contributed by atoms with Crippen LogP contribution in [-0.4, -0.2) is 12.8 Å². The molecule has 56 valence electrons. The van der Waals surface area contributed by atoms with Gasteiger partial charge in [-0.25, -0.2) is 0 Å². The van der Waals surface area contributed by atoms with Crippen molar-refractivity contribution in [3.05, 3.63) is 22.7 Å². The van der Waals surface area contributed by atoms with E-state index >= 15 is 0 Å². The predicted molar refractivity (Wildman–Crippen MR) is 53.4 cm³/mol. The largest absolute Gasteiger partial charge is 0.125 e. The van der Waals surface area contributed by atoms with Crippen LogP contribution in [0.5, 0.6) is 0 Å². The summed E-state index contributed by atoms with van der Waals surface area (Å²) >= 11 is 3.44. The average molecular weight is 219 g/mol. The normalized spacial score (nSPS) is 25.8. The molecule has 2 heteroatoms. The average Bonchev–Trinajstić information content (AvgIpc) is 1.95. The lowest BCUT2D eigenvalue weighted by atomic mass is 10.0. The SMILES string of the molecule is CPCC1C=CC(Br)=CC1. The smallest absolute Gasteiger partial charge is 0.0132 e. The molecule has 0 spiro atoms. The zero-order chi connectivity index (χ0) is 7.40. The number of hydrogen-bond acceptors (Lipinski definition) is 0. The van der Waals surface area contributed by atoms with Gasteiger partial charge in [-0.15, -0.1) is 8.58 Å². The van der Waals surface area contributed by atoms with Crippen LogP contribution in [0.2, 0.25) is 0 Å². The van der Waals surface area contributed by atoms with Gasteiger partial charge in [-0.05, 0) is 25.2 Å². The van der Waals surface area contributed by atoms with Crippen LogP contribution in [0.15, 0.2) is 22.7 Å². The van der Waals surface area contributed by atoms with Crippen LogP contribution >= 0.6 is 24.5 Å². The maximum absolute atomic E-state index is 3.44. The minimum absolute atomic E-state index is 0.810. The highest BCUT2D eigenvalue weighted by Gasteiger charge is 2.04. The molecule has 1 aliphatic carbocycles. The van der Waals surface area contributed by atoms with Crippen molar-refractivity contribution >= 4 is 24.5 Å². The summed E-state index contributed by atoms with van der Waals surface area (Å²) in [7, 11) is 1.08. The van der Waals surface area contributed by atoms with E-state index in [1.165, 1.54) is 17.1 Å². The zero-order valence-corrected chi connectivity index (χ0v) is 8.69. The van der Waals surface area contributed by atoms with Gasteiger partial charge in [0.05, 0.1) is 0 Å². The Bertz CT molecular complexity index is 161. The lowest BCUT2D eigenvalue weighted by molar-refractivity contribution is 0.746. The van der Waals surface area contributed by atoms with Crippen LogP contribution in [-0.2, 0) is 0 Å². The van der Waals surface area contributed by atoms with E-state index in [1.54, 1.807) is 0 Å². The molecule has 0 aromatic carbocycles. The number of allylic oxidation sites excluding steroid dienone is 4. The first kappa shape index (κ1) is 8.49. The topological polar surface area (TPSA) is 0 Å². The monoisotopic (exact) mass is 218 g/mol. The van der Waals surface area contributed by atoms with Crippen molar-refractivity contribution in [1.29, 1.82) is 0 Å². The first-order valence-electron chi connectivity index (χ1n) is 3.51. The number of hydrogen-bond donors (Lipinski definition) is 0. The molecule has 2 atom stereocenters. The molecule has 0 N–H and O–H groups in total. The molecule has 0 nitrogen and oxygen atoms in total. The highest BCUT2D eigenvalue weighted by molar-refractivity contribution is 9.11. The highest BCUT2D eigenvalue weighted by atomic mass is 79.9. The fourth-order valence-corrected chi connectivity index (χ4v) is 2.22. The maximum atomic E-state index is 3.44. The van der Waals surface area contributed by atoms with Crippen molar-refractivity contribution < 1.29 is 0 Å². The van der Waals surface area contributed by atoms with Gasteiger partial charge in [0.25, 0.3) is 0 Å². The Morgan fingerprint density at radius 2 is 2.60 bits per heavy atom. The van der Waals surface area contributed by atoms with Gasteiger partial charge in [-0.2, -0.15) is 0 Å². The van der Waals surface area contributed by atoms with Gasteiger partial charge >= 0.3 is 0 Å². The van der Waals surface area contributed by atoms with E-state index in [0.29, 0.717) is 0 Å². The van der Waals surface area contributed by atoms with Crippen LogP contribution in [0.1, 0.15) is 6.42 Å². The first-order valence-corrected chi connectivity index (χ1v) is 6.01. The molecule has 0 saturated heterocycles. The molecule has 0 amide bonds. The Hall–Kier alpha value is 0.390. The lowest BCUT2D eigenvalue weighted by Gasteiger charge is -2.11. The van der Waals surface area contributed by atoms with Crippen molar-refractivity contribution in [3.8, 4) is 0 Å². The van der Waals surface area contributed by atoms with E-state index in [4.69, 9.17) is 0 Å². The Morgan fingerprint density at radius 3 is 3.10 bits per heavy atom. The van der Waals surface area contributed by atoms with Crippen LogP contribution < -0.4 is 0 Å². The standard InChI is InChI=1S/C8H12BrP/c1-10-6-7-2-4-8(9)5-3-7/h2,4-5,7,10H,3,6H2,1H3. The Labute approximate surface area is 72.7 Å². The number of rotatable bonds is 2. The van der Waals surface area contributed by atoms with Crippen LogP contribution in [0.3, 0.4) is 0 Å². The molecule has 0 saturated carbocycles. The van der Waals surface area contributed by atoms with Crippen molar-refractivity contribution in [2.24, 2.45) is 5.92 Å². The van der Waals surface area contributed by atoms with Crippen molar-refractivity contribution in [1.82, 2.24) is 0 Å². The van der Waals surface area contributed by atoms with Gasteiger partial charge in [0, 0.05) is 4.48 Å². The van der Waals surface area contributed by atoms with E-state index < -0.39 is 0 Å². The summed E-state index contributed by atoms with van der Waals surface area (Å²) in [5, 5.41) is 0. The fraction of sp³-hybridized carbons (Fsp3) is 0.500. The maximum Gasteiger partial charge on any atom is 0.0132 e. The molecular formula is C8H12BrP. The van der Waals surface area contributed by atoms with Gasteiger partial charge in [-0.3, -0.25) is 0 Å². The summed E-state index contributed by atoms with van der Waals surface area (Å²) < 4.78 is 1.24. The summed E-state index contributed by atoms with van der Waals surface area (Å²) in [5.74, 6) is 0.810. The van der Waals surface area contributed by atoms with Gasteiger partial charge in [0.1, 0.15) is 0 Å². The van der Waals surface area contributed by atoms with Crippen LogP contribution in [0, 0.1) is 5.92 Å². The van der Waals surface area contributed by atoms with Gasteiger partial charge in [0.15, 0.2) is 0 Å². The van der Waals surface area contributed by atoms with Gasteiger partial charge in [0.2, 0.25) is 0 Å². The minimum Gasteiger partial charge on any atom is -0.125 e. The predicted octanol–water partition coefficient (Wildman–Crippen LogP) is 3.15. The van der Waals surface area contributed by atoms with E-state index in [2.05, 4.69) is 40.8 Å². The Morgan fingerprint density at radius 1 is 1.80 bits per heavy atom. The first-order chi connectivity index (χ1) is 4.83. The number of halogens is 1. The molecule has 10 heavy (non-hydrogen) atoms. The minimum atomic E-state index is 0.810. The molecule has 1 aliphatic rings. The second-order valence-electron chi connectivity index (χ2n) is 2.50. The Balaban J connectivity index is 2.37. The fourth-order valence-electron chi connectivity index (χ4n) is 1.05. The molecule has 0 radical (unpaired) electrons. The van der Waals surface area contributed by atoms with Crippen molar-refractivity contribution in [2.75, 3.05) is 12.8 Å². The summed E-state index contributed by atoms with van der Waals surface area (Å²) in [4.78, 5) is 0. The lowest BCUT2D eigenvalue weighted by Crippen LogP contribution is -1.99. The molecule has 0 bridgehead atoms. The van der Waals surface area contributed by atoms with Crippen LogP contribution in [0.4, 0.5) is 0 Å². The summed E-state index contributed by atoms with van der Waals surface area (Å²) in [6, 6.07) is 0. The molecule has 0 fully saturated rings. The molecule has 1 rings (SSSR count). The molecular weight excluding hydrogens is 207 g/mol. The third-order valence-electron chi connectivity index (χ3n) is 1.61. The summed E-state index contributed by atoms with van der Waals surface area (Å²) in [6.45, 7) is 2.27. The highest BCUT2D eigenvalue weighted by Crippen LogP contribution is 2.23. The third kappa shape index (κ3) is 2.56. The van der Waals surface area contributed by atoms with Gasteiger partial charge < -0.3 is 0 Å². The molecule has 0 heterocycles. The second kappa shape index (κ2) is 4.31.